The highest BCUT2D eigenvalue weighted by atomic mass is 16.5. The molecule has 0 fully saturated rings. The monoisotopic (exact) mass is 209 g/mol. The van der Waals surface area contributed by atoms with E-state index in [-0.39, 0.29) is 13.2 Å². The molecule has 0 aromatic heterocycles. The number of rotatable bonds is 4. The molecule has 0 bridgehead atoms. The molecular weight excluding hydrogens is 190 g/mol. The highest BCUT2D eigenvalue weighted by molar-refractivity contribution is 5.36. The van der Waals surface area contributed by atoms with Gasteiger partial charge in [0.2, 0.25) is 0 Å². The minimum absolute atomic E-state index is 0.192. The number of nitrogens with two attached hydrogens (primary N) is 1. The number of aryl methyl sites for hydroxylation is 2. The number of hydrogen-bond donors (Lipinski definition) is 2. The third kappa shape index (κ3) is 3.53. The van der Waals surface area contributed by atoms with E-state index in [1.54, 1.807) is 6.92 Å². The number of hydrogen-bond acceptors (Lipinski definition) is 3. The minimum Gasteiger partial charge on any atom is -0.490 e. The van der Waals surface area contributed by atoms with Crippen molar-refractivity contribution in [3.8, 4) is 5.75 Å². The largest absolute Gasteiger partial charge is 0.490 e. The van der Waals surface area contributed by atoms with E-state index in [9.17, 15) is 5.11 Å². The third-order valence-electron chi connectivity index (χ3n) is 2.32. The standard InChI is InChI=1S/C12H19NO2/c1-9-4-5-10(2)11(6-9)15-8-12(3,14)7-13/h4-6,14H,7-8,13H2,1-3H3. The van der Waals surface area contributed by atoms with Crippen LogP contribution in [0.4, 0.5) is 0 Å². The summed E-state index contributed by atoms with van der Waals surface area (Å²) in [5, 5.41) is 9.69. The van der Waals surface area contributed by atoms with Crippen LogP contribution in [0.25, 0.3) is 0 Å². The summed E-state index contributed by atoms with van der Waals surface area (Å²) in [4.78, 5) is 0. The minimum atomic E-state index is -0.962. The van der Waals surface area contributed by atoms with Crippen LogP contribution in [0.2, 0.25) is 0 Å². The number of ether oxygens (including phenoxy) is 1. The van der Waals surface area contributed by atoms with E-state index in [4.69, 9.17) is 10.5 Å². The van der Waals surface area contributed by atoms with Crippen molar-refractivity contribution in [3.63, 3.8) is 0 Å². The van der Waals surface area contributed by atoms with Crippen LogP contribution in [-0.2, 0) is 0 Å². The average molecular weight is 209 g/mol. The Morgan fingerprint density at radius 2 is 2.07 bits per heavy atom. The SMILES string of the molecule is Cc1ccc(C)c(OCC(C)(O)CN)c1. The second-order valence-electron chi connectivity index (χ2n) is 4.26. The lowest BCUT2D eigenvalue weighted by atomic mass is 10.1. The molecule has 1 unspecified atom stereocenters. The first kappa shape index (κ1) is 12.0. The van der Waals surface area contributed by atoms with Gasteiger partial charge in [-0.1, -0.05) is 12.1 Å². The van der Waals surface area contributed by atoms with E-state index < -0.39 is 5.60 Å². The van der Waals surface area contributed by atoms with Gasteiger partial charge in [0.05, 0.1) is 0 Å². The Hall–Kier alpha value is -1.06. The summed E-state index contributed by atoms with van der Waals surface area (Å²) >= 11 is 0. The predicted molar refractivity (Wildman–Crippen MR) is 61.1 cm³/mol. The molecule has 0 saturated heterocycles. The molecule has 0 spiro atoms. The van der Waals surface area contributed by atoms with E-state index in [2.05, 4.69) is 0 Å². The zero-order valence-corrected chi connectivity index (χ0v) is 9.58. The summed E-state index contributed by atoms with van der Waals surface area (Å²) < 4.78 is 5.54. The van der Waals surface area contributed by atoms with Crippen LogP contribution in [-0.4, -0.2) is 23.9 Å². The van der Waals surface area contributed by atoms with Gasteiger partial charge in [-0.2, -0.15) is 0 Å². The van der Waals surface area contributed by atoms with Crippen molar-refractivity contribution in [3.05, 3.63) is 29.3 Å². The Balaban J connectivity index is 2.69. The molecule has 3 nitrogen and oxygen atoms in total. The molecule has 0 aliphatic carbocycles. The summed E-state index contributed by atoms with van der Waals surface area (Å²) in [5.74, 6) is 0.809. The van der Waals surface area contributed by atoms with Crippen molar-refractivity contribution in [2.24, 2.45) is 5.73 Å². The van der Waals surface area contributed by atoms with E-state index in [1.165, 1.54) is 0 Å². The van der Waals surface area contributed by atoms with E-state index in [0.717, 1.165) is 16.9 Å². The van der Waals surface area contributed by atoms with Gasteiger partial charge in [0, 0.05) is 6.54 Å². The molecular formula is C12H19NO2. The second-order valence-corrected chi connectivity index (χ2v) is 4.26. The first-order chi connectivity index (χ1) is 6.94. The van der Waals surface area contributed by atoms with E-state index >= 15 is 0 Å². The van der Waals surface area contributed by atoms with Crippen LogP contribution in [0.1, 0.15) is 18.1 Å². The Morgan fingerprint density at radius 3 is 2.67 bits per heavy atom. The Morgan fingerprint density at radius 1 is 1.40 bits per heavy atom. The lowest BCUT2D eigenvalue weighted by Crippen LogP contribution is -2.40. The van der Waals surface area contributed by atoms with Gasteiger partial charge >= 0.3 is 0 Å². The van der Waals surface area contributed by atoms with Crippen LogP contribution in [0.3, 0.4) is 0 Å². The fourth-order valence-electron chi connectivity index (χ4n) is 1.15. The lowest BCUT2D eigenvalue weighted by Gasteiger charge is -2.22. The first-order valence-corrected chi connectivity index (χ1v) is 5.07. The van der Waals surface area contributed by atoms with Crippen LogP contribution < -0.4 is 10.5 Å². The summed E-state index contributed by atoms with van der Waals surface area (Å²) in [5.41, 5.74) is 6.65. The molecule has 0 saturated carbocycles. The maximum atomic E-state index is 9.69. The van der Waals surface area contributed by atoms with Crippen molar-refractivity contribution in [1.82, 2.24) is 0 Å². The second kappa shape index (κ2) is 4.64. The van der Waals surface area contributed by atoms with Crippen LogP contribution in [0.5, 0.6) is 5.75 Å². The molecule has 1 atom stereocenters. The summed E-state index contributed by atoms with van der Waals surface area (Å²) in [6.45, 7) is 6.06. The van der Waals surface area contributed by atoms with Crippen LogP contribution >= 0.6 is 0 Å². The molecule has 0 amide bonds. The normalized spacial score (nSPS) is 14.7. The zero-order valence-electron chi connectivity index (χ0n) is 9.58. The molecule has 84 valence electrons. The summed E-state index contributed by atoms with van der Waals surface area (Å²) in [6, 6.07) is 5.99. The number of aliphatic hydroxyl groups is 1. The van der Waals surface area contributed by atoms with Crippen LogP contribution in [0.15, 0.2) is 18.2 Å². The van der Waals surface area contributed by atoms with Gasteiger partial charge in [-0.05, 0) is 38.0 Å². The van der Waals surface area contributed by atoms with E-state index in [0.29, 0.717) is 0 Å². The highest BCUT2D eigenvalue weighted by Crippen LogP contribution is 2.20. The average Bonchev–Trinajstić information content (AvgIpc) is 2.20. The molecule has 1 aromatic carbocycles. The van der Waals surface area contributed by atoms with Gasteiger partial charge in [-0.15, -0.1) is 0 Å². The number of benzene rings is 1. The quantitative estimate of drug-likeness (QED) is 0.788. The van der Waals surface area contributed by atoms with Gasteiger partial charge in [0.25, 0.3) is 0 Å². The van der Waals surface area contributed by atoms with Crippen LogP contribution in [0, 0.1) is 13.8 Å². The predicted octanol–water partition coefficient (Wildman–Crippen LogP) is 1.39. The van der Waals surface area contributed by atoms with Gasteiger partial charge in [-0.3, -0.25) is 0 Å². The maximum absolute atomic E-state index is 9.69. The smallest absolute Gasteiger partial charge is 0.122 e. The lowest BCUT2D eigenvalue weighted by molar-refractivity contribution is 0.0193. The molecule has 3 N–H and O–H groups in total. The van der Waals surface area contributed by atoms with Crippen molar-refractivity contribution in [1.29, 1.82) is 0 Å². The Labute approximate surface area is 90.9 Å². The highest BCUT2D eigenvalue weighted by Gasteiger charge is 2.19. The molecule has 1 rings (SSSR count). The molecule has 0 heterocycles. The Kier molecular flexibility index (Phi) is 3.72. The molecule has 3 heteroatoms. The molecule has 0 aliphatic heterocycles. The third-order valence-corrected chi connectivity index (χ3v) is 2.32. The van der Waals surface area contributed by atoms with Crippen molar-refractivity contribution >= 4 is 0 Å². The van der Waals surface area contributed by atoms with Crippen molar-refractivity contribution < 1.29 is 9.84 Å². The summed E-state index contributed by atoms with van der Waals surface area (Å²) in [7, 11) is 0. The maximum Gasteiger partial charge on any atom is 0.122 e. The molecule has 15 heavy (non-hydrogen) atoms. The fraction of sp³-hybridized carbons (Fsp3) is 0.500. The van der Waals surface area contributed by atoms with Gasteiger partial charge in [0.15, 0.2) is 0 Å². The van der Waals surface area contributed by atoms with Crippen molar-refractivity contribution in [2.75, 3.05) is 13.2 Å². The van der Waals surface area contributed by atoms with Gasteiger partial charge in [-0.25, -0.2) is 0 Å². The first-order valence-electron chi connectivity index (χ1n) is 5.07. The van der Waals surface area contributed by atoms with E-state index in [1.807, 2.05) is 32.0 Å². The zero-order chi connectivity index (χ0) is 11.5. The molecule has 0 radical (unpaired) electrons. The molecule has 1 aromatic rings. The topological polar surface area (TPSA) is 55.5 Å². The summed E-state index contributed by atoms with van der Waals surface area (Å²) in [6.07, 6.45) is 0. The van der Waals surface area contributed by atoms with Crippen molar-refractivity contribution in [2.45, 2.75) is 26.4 Å². The fourth-order valence-corrected chi connectivity index (χ4v) is 1.15. The Bertz CT molecular complexity index is 334. The van der Waals surface area contributed by atoms with Gasteiger partial charge < -0.3 is 15.6 Å². The molecule has 0 aliphatic rings. The van der Waals surface area contributed by atoms with Gasteiger partial charge in [0.1, 0.15) is 18.0 Å².